The van der Waals surface area contributed by atoms with Crippen LogP contribution in [0.5, 0.6) is 0 Å². The van der Waals surface area contributed by atoms with Gasteiger partial charge in [0.05, 0.1) is 6.61 Å². The predicted octanol–water partition coefficient (Wildman–Crippen LogP) is 2.64. The van der Waals surface area contributed by atoms with Gasteiger partial charge in [0.15, 0.2) is 0 Å². The van der Waals surface area contributed by atoms with Crippen molar-refractivity contribution >= 4 is 5.97 Å². The molecule has 0 amide bonds. The molecule has 1 unspecified atom stereocenters. The average Bonchev–Trinajstić information content (AvgIpc) is 2.39. The van der Waals surface area contributed by atoms with E-state index in [1.165, 1.54) is 5.56 Å². The molecule has 100 valence electrons. The number of rotatable bonds is 6. The maximum atomic E-state index is 12.1. The largest absolute Gasteiger partial charge is 0.464 e. The van der Waals surface area contributed by atoms with Crippen LogP contribution >= 0.6 is 0 Å². The maximum absolute atomic E-state index is 12.1. The number of carbonyl (C=O) groups excluding carboxylic acids is 1. The predicted molar refractivity (Wildman–Crippen MR) is 73.5 cm³/mol. The van der Waals surface area contributed by atoms with Gasteiger partial charge in [0.1, 0.15) is 5.54 Å². The van der Waals surface area contributed by atoms with Gasteiger partial charge >= 0.3 is 5.97 Å². The van der Waals surface area contributed by atoms with Gasteiger partial charge in [-0.25, -0.2) is 4.79 Å². The molecule has 0 saturated heterocycles. The fourth-order valence-electron chi connectivity index (χ4n) is 1.99. The van der Waals surface area contributed by atoms with E-state index in [0.717, 1.165) is 12.0 Å². The number of hydrogen-bond donors (Lipinski definition) is 1. The van der Waals surface area contributed by atoms with E-state index < -0.39 is 5.54 Å². The van der Waals surface area contributed by atoms with E-state index in [4.69, 9.17) is 4.74 Å². The Hall–Kier alpha value is -1.35. The third-order valence-corrected chi connectivity index (χ3v) is 3.15. The average molecular weight is 249 g/mol. The SMILES string of the molecule is CCNC(C)(C(=O)OCC)c1ccc(CC)cc1. The fraction of sp³-hybridized carbons (Fsp3) is 0.533. The van der Waals surface area contributed by atoms with E-state index >= 15 is 0 Å². The molecule has 0 aliphatic heterocycles. The van der Waals surface area contributed by atoms with Crippen molar-refractivity contribution in [3.63, 3.8) is 0 Å². The Bertz CT molecular complexity index is 386. The summed E-state index contributed by atoms with van der Waals surface area (Å²) in [5.41, 5.74) is 1.44. The van der Waals surface area contributed by atoms with E-state index in [9.17, 15) is 4.79 Å². The number of hydrogen-bond acceptors (Lipinski definition) is 3. The molecule has 0 aliphatic carbocycles. The third-order valence-electron chi connectivity index (χ3n) is 3.15. The number of aryl methyl sites for hydroxylation is 1. The minimum atomic E-state index is -0.767. The summed E-state index contributed by atoms with van der Waals surface area (Å²) in [7, 11) is 0. The summed E-state index contributed by atoms with van der Waals surface area (Å²) in [5.74, 6) is -0.226. The minimum absolute atomic E-state index is 0.226. The highest BCUT2D eigenvalue weighted by molar-refractivity contribution is 5.82. The van der Waals surface area contributed by atoms with Crippen LogP contribution in [0.3, 0.4) is 0 Å². The molecule has 1 rings (SSSR count). The van der Waals surface area contributed by atoms with Crippen LogP contribution in [-0.4, -0.2) is 19.1 Å². The highest BCUT2D eigenvalue weighted by Gasteiger charge is 2.35. The second kappa shape index (κ2) is 6.55. The summed E-state index contributed by atoms with van der Waals surface area (Å²) >= 11 is 0. The van der Waals surface area contributed by atoms with Gasteiger partial charge in [-0.3, -0.25) is 5.32 Å². The summed E-state index contributed by atoms with van der Waals surface area (Å²) < 4.78 is 5.17. The van der Waals surface area contributed by atoms with Gasteiger partial charge in [0, 0.05) is 0 Å². The van der Waals surface area contributed by atoms with Crippen LogP contribution in [0.25, 0.3) is 0 Å². The van der Waals surface area contributed by atoms with E-state index in [-0.39, 0.29) is 5.97 Å². The molecular formula is C15H23NO2. The van der Waals surface area contributed by atoms with Crippen molar-refractivity contribution < 1.29 is 9.53 Å². The Kier molecular flexibility index (Phi) is 5.35. The third kappa shape index (κ3) is 3.10. The topological polar surface area (TPSA) is 38.3 Å². The molecule has 3 nitrogen and oxygen atoms in total. The molecule has 3 heteroatoms. The molecule has 0 saturated carbocycles. The molecule has 1 aromatic rings. The molecule has 1 atom stereocenters. The van der Waals surface area contributed by atoms with Crippen molar-refractivity contribution in [2.24, 2.45) is 0 Å². The van der Waals surface area contributed by atoms with Crippen molar-refractivity contribution in [3.05, 3.63) is 35.4 Å². The molecule has 0 radical (unpaired) electrons. The van der Waals surface area contributed by atoms with Gasteiger partial charge < -0.3 is 4.74 Å². The zero-order valence-corrected chi connectivity index (χ0v) is 11.7. The van der Waals surface area contributed by atoms with Crippen LogP contribution in [0.4, 0.5) is 0 Å². The van der Waals surface area contributed by atoms with Crippen LogP contribution in [-0.2, 0) is 21.5 Å². The molecule has 0 aliphatic rings. The highest BCUT2D eigenvalue weighted by Crippen LogP contribution is 2.23. The van der Waals surface area contributed by atoms with Crippen LogP contribution in [0, 0.1) is 0 Å². The van der Waals surface area contributed by atoms with Crippen LogP contribution in [0.1, 0.15) is 38.8 Å². The molecule has 1 N–H and O–H groups in total. The normalized spacial score (nSPS) is 14.0. The second-order valence-electron chi connectivity index (χ2n) is 4.43. The molecule has 0 heterocycles. The first-order valence-electron chi connectivity index (χ1n) is 6.60. The number of esters is 1. The Morgan fingerprint density at radius 3 is 2.28 bits per heavy atom. The summed E-state index contributed by atoms with van der Waals surface area (Å²) in [6.07, 6.45) is 0.998. The van der Waals surface area contributed by atoms with Gasteiger partial charge in [-0.2, -0.15) is 0 Å². The summed E-state index contributed by atoms with van der Waals surface area (Å²) in [6.45, 7) is 8.90. The lowest BCUT2D eigenvalue weighted by Gasteiger charge is -2.28. The van der Waals surface area contributed by atoms with E-state index in [1.54, 1.807) is 0 Å². The first-order chi connectivity index (χ1) is 8.58. The van der Waals surface area contributed by atoms with Crippen molar-refractivity contribution in [2.45, 2.75) is 39.7 Å². The first kappa shape index (κ1) is 14.7. The highest BCUT2D eigenvalue weighted by atomic mass is 16.5. The lowest BCUT2D eigenvalue weighted by Crippen LogP contribution is -2.47. The smallest absolute Gasteiger partial charge is 0.330 e. The van der Waals surface area contributed by atoms with Gasteiger partial charge in [-0.15, -0.1) is 0 Å². The number of benzene rings is 1. The Labute approximate surface area is 110 Å². The van der Waals surface area contributed by atoms with Crippen molar-refractivity contribution in [1.29, 1.82) is 0 Å². The number of ether oxygens (including phenoxy) is 1. The lowest BCUT2D eigenvalue weighted by molar-refractivity contribution is -0.151. The molecule has 0 fully saturated rings. The second-order valence-corrected chi connectivity index (χ2v) is 4.43. The number of nitrogens with one attached hydrogen (secondary N) is 1. The molecule has 0 bridgehead atoms. The lowest BCUT2D eigenvalue weighted by atomic mass is 9.91. The van der Waals surface area contributed by atoms with Gasteiger partial charge in [0.25, 0.3) is 0 Å². The molecule has 1 aromatic carbocycles. The quantitative estimate of drug-likeness (QED) is 0.788. The Morgan fingerprint density at radius 1 is 1.22 bits per heavy atom. The number of likely N-dealkylation sites (N-methyl/N-ethyl adjacent to an activating group) is 1. The molecule has 0 spiro atoms. The monoisotopic (exact) mass is 249 g/mol. The van der Waals surface area contributed by atoms with Crippen molar-refractivity contribution in [2.75, 3.05) is 13.2 Å². The Balaban J connectivity index is 3.05. The molecule has 0 aromatic heterocycles. The summed E-state index contributed by atoms with van der Waals surface area (Å²) in [5, 5.41) is 3.22. The summed E-state index contributed by atoms with van der Waals surface area (Å²) in [6, 6.07) is 8.12. The van der Waals surface area contributed by atoms with Crippen LogP contribution in [0.2, 0.25) is 0 Å². The molecular weight excluding hydrogens is 226 g/mol. The van der Waals surface area contributed by atoms with E-state index in [0.29, 0.717) is 13.2 Å². The van der Waals surface area contributed by atoms with Crippen molar-refractivity contribution in [1.82, 2.24) is 5.32 Å². The van der Waals surface area contributed by atoms with E-state index in [1.807, 2.05) is 32.9 Å². The van der Waals surface area contributed by atoms with Gasteiger partial charge in [-0.05, 0) is 37.9 Å². The molecule has 18 heavy (non-hydrogen) atoms. The number of carbonyl (C=O) groups is 1. The van der Waals surface area contributed by atoms with Crippen LogP contribution in [0.15, 0.2) is 24.3 Å². The first-order valence-corrected chi connectivity index (χ1v) is 6.60. The van der Waals surface area contributed by atoms with Gasteiger partial charge in [0.2, 0.25) is 0 Å². The zero-order valence-electron chi connectivity index (χ0n) is 11.7. The maximum Gasteiger partial charge on any atom is 0.330 e. The van der Waals surface area contributed by atoms with Crippen molar-refractivity contribution in [3.8, 4) is 0 Å². The van der Waals surface area contributed by atoms with E-state index in [2.05, 4.69) is 24.4 Å². The van der Waals surface area contributed by atoms with Gasteiger partial charge in [-0.1, -0.05) is 38.1 Å². The standard InChI is InChI=1S/C15H23NO2/c1-5-12-8-10-13(11-9-12)15(4,16-6-2)14(17)18-7-3/h8-11,16H,5-7H2,1-4H3. The zero-order chi connectivity index (χ0) is 13.6. The van der Waals surface area contributed by atoms with Crippen LogP contribution < -0.4 is 5.32 Å². The minimum Gasteiger partial charge on any atom is -0.464 e. The fourth-order valence-corrected chi connectivity index (χ4v) is 1.99. The summed E-state index contributed by atoms with van der Waals surface area (Å²) in [4.78, 5) is 12.1. The Morgan fingerprint density at radius 2 is 1.83 bits per heavy atom.